The van der Waals surface area contributed by atoms with Crippen molar-refractivity contribution >= 4 is 11.7 Å². The van der Waals surface area contributed by atoms with Crippen LogP contribution in [0, 0.1) is 11.3 Å². The Balaban J connectivity index is 2.37. The molecule has 3 heteroatoms. The van der Waals surface area contributed by atoms with E-state index >= 15 is 0 Å². The van der Waals surface area contributed by atoms with Gasteiger partial charge in [0, 0.05) is 11.5 Å². The van der Waals surface area contributed by atoms with Gasteiger partial charge < -0.3 is 5.32 Å². The molecule has 1 aliphatic carbocycles. The van der Waals surface area contributed by atoms with Crippen LogP contribution in [-0.2, 0) is 9.59 Å². The number of carbonyl (C=O) groups is 2. The molecule has 18 heavy (non-hydrogen) atoms. The van der Waals surface area contributed by atoms with E-state index in [9.17, 15) is 9.59 Å². The minimum absolute atomic E-state index is 0.104. The summed E-state index contributed by atoms with van der Waals surface area (Å²) in [4.78, 5) is 23.6. The molecule has 0 unspecified atom stereocenters. The first-order chi connectivity index (χ1) is 8.30. The molecule has 0 aromatic carbocycles. The normalized spacial score (nSPS) is 19.3. The summed E-state index contributed by atoms with van der Waals surface area (Å²) >= 11 is 0. The van der Waals surface area contributed by atoms with E-state index in [0.29, 0.717) is 0 Å². The molecule has 0 aromatic rings. The van der Waals surface area contributed by atoms with E-state index in [0.717, 1.165) is 12.3 Å². The van der Waals surface area contributed by atoms with E-state index in [1.165, 1.54) is 32.1 Å². The second-order valence-electron chi connectivity index (χ2n) is 6.69. The fraction of sp³-hybridized carbons (Fsp3) is 0.867. The van der Waals surface area contributed by atoms with Gasteiger partial charge in [-0.05, 0) is 19.3 Å². The topological polar surface area (TPSA) is 46.2 Å². The molecule has 0 bridgehead atoms. The van der Waals surface area contributed by atoms with E-state index in [2.05, 4.69) is 5.32 Å². The molecule has 1 rings (SSSR count). The van der Waals surface area contributed by atoms with Gasteiger partial charge in [-0.3, -0.25) is 9.59 Å². The van der Waals surface area contributed by atoms with Crippen molar-refractivity contribution in [1.29, 1.82) is 0 Å². The van der Waals surface area contributed by atoms with Gasteiger partial charge >= 0.3 is 0 Å². The average molecular weight is 253 g/mol. The molecule has 0 aliphatic heterocycles. The van der Waals surface area contributed by atoms with E-state index in [4.69, 9.17) is 0 Å². The van der Waals surface area contributed by atoms with Crippen LogP contribution in [0.1, 0.15) is 66.2 Å². The van der Waals surface area contributed by atoms with Crippen molar-refractivity contribution in [2.45, 2.75) is 72.3 Å². The highest BCUT2D eigenvalue weighted by Gasteiger charge is 2.29. The molecule has 104 valence electrons. The molecule has 1 N–H and O–H groups in total. The summed E-state index contributed by atoms with van der Waals surface area (Å²) in [5.41, 5.74) is -0.589. The maximum absolute atomic E-state index is 11.8. The number of carbonyl (C=O) groups excluding carboxylic acids is 2. The zero-order chi connectivity index (χ0) is 13.8. The number of nitrogens with one attached hydrogen (secondary N) is 1. The average Bonchev–Trinajstić information content (AvgIpc) is 2.27. The van der Waals surface area contributed by atoms with Gasteiger partial charge in [0.05, 0.1) is 0 Å². The fourth-order valence-corrected chi connectivity index (χ4v) is 2.61. The van der Waals surface area contributed by atoms with E-state index in [-0.39, 0.29) is 11.8 Å². The quantitative estimate of drug-likeness (QED) is 0.783. The van der Waals surface area contributed by atoms with Crippen LogP contribution >= 0.6 is 0 Å². The first-order valence-electron chi connectivity index (χ1n) is 7.16. The second-order valence-corrected chi connectivity index (χ2v) is 6.69. The summed E-state index contributed by atoms with van der Waals surface area (Å²) in [6.07, 6.45) is 7.52. The van der Waals surface area contributed by atoms with Crippen LogP contribution in [0.4, 0.5) is 0 Å². The fourth-order valence-electron chi connectivity index (χ4n) is 2.61. The van der Waals surface area contributed by atoms with Crippen molar-refractivity contribution in [2.75, 3.05) is 0 Å². The lowest BCUT2D eigenvalue weighted by Gasteiger charge is -2.25. The maximum Gasteiger partial charge on any atom is 0.288 e. The molecule has 1 saturated carbocycles. The molecule has 0 spiro atoms. The third-order valence-corrected chi connectivity index (χ3v) is 3.68. The summed E-state index contributed by atoms with van der Waals surface area (Å²) in [6, 6.07) is 0.104. The summed E-state index contributed by atoms with van der Waals surface area (Å²) in [5, 5.41) is 2.85. The van der Waals surface area contributed by atoms with Crippen molar-refractivity contribution in [3.05, 3.63) is 0 Å². The van der Waals surface area contributed by atoms with Crippen LogP contribution in [0.5, 0.6) is 0 Å². The standard InChI is InChI=1S/C15H27NO2/c1-11(10-12-8-6-5-7-9-12)16-14(18)13(17)15(2,3)4/h11-12H,5-10H2,1-4H3,(H,16,18)/t11-/m1/s1. The van der Waals surface area contributed by atoms with Crippen LogP contribution in [0.2, 0.25) is 0 Å². The van der Waals surface area contributed by atoms with Crippen molar-refractivity contribution in [3.63, 3.8) is 0 Å². The minimum Gasteiger partial charge on any atom is -0.347 e. The predicted molar refractivity (Wildman–Crippen MR) is 73.3 cm³/mol. The van der Waals surface area contributed by atoms with Crippen molar-refractivity contribution in [3.8, 4) is 0 Å². The highest BCUT2D eigenvalue weighted by atomic mass is 16.2. The van der Waals surface area contributed by atoms with Crippen LogP contribution < -0.4 is 5.32 Å². The monoisotopic (exact) mass is 253 g/mol. The van der Waals surface area contributed by atoms with Gasteiger partial charge in [0.1, 0.15) is 0 Å². The molecule has 0 saturated heterocycles. The number of hydrogen-bond acceptors (Lipinski definition) is 2. The Morgan fingerprint density at radius 1 is 1.17 bits per heavy atom. The second kappa shape index (κ2) is 6.35. The van der Waals surface area contributed by atoms with Crippen LogP contribution in [0.25, 0.3) is 0 Å². The van der Waals surface area contributed by atoms with Gasteiger partial charge in [0.25, 0.3) is 5.91 Å². The number of amides is 1. The maximum atomic E-state index is 11.8. The Kier molecular flexibility index (Phi) is 5.36. The summed E-state index contributed by atoms with van der Waals surface area (Å²) < 4.78 is 0. The van der Waals surface area contributed by atoms with Gasteiger partial charge in [-0.1, -0.05) is 52.9 Å². The summed E-state index contributed by atoms with van der Waals surface area (Å²) in [7, 11) is 0. The van der Waals surface area contributed by atoms with E-state index in [1.807, 2.05) is 6.92 Å². The number of hydrogen-bond donors (Lipinski definition) is 1. The Morgan fingerprint density at radius 3 is 2.22 bits per heavy atom. The third kappa shape index (κ3) is 4.79. The van der Waals surface area contributed by atoms with E-state index < -0.39 is 11.3 Å². The molecule has 0 radical (unpaired) electrons. The first kappa shape index (κ1) is 15.2. The minimum atomic E-state index is -0.589. The largest absolute Gasteiger partial charge is 0.347 e. The smallest absolute Gasteiger partial charge is 0.288 e. The van der Waals surface area contributed by atoms with E-state index in [1.54, 1.807) is 20.8 Å². The molecular formula is C15H27NO2. The SMILES string of the molecule is C[C@H](CC1CCCCC1)NC(=O)C(=O)C(C)(C)C. The molecule has 1 fully saturated rings. The Morgan fingerprint density at radius 2 is 1.72 bits per heavy atom. The van der Waals surface area contributed by atoms with Crippen molar-refractivity contribution in [2.24, 2.45) is 11.3 Å². The van der Waals surface area contributed by atoms with Crippen molar-refractivity contribution < 1.29 is 9.59 Å². The summed E-state index contributed by atoms with van der Waals surface area (Å²) in [6.45, 7) is 7.34. The number of rotatable bonds is 4. The Labute approximate surface area is 111 Å². The highest BCUT2D eigenvalue weighted by Crippen LogP contribution is 2.27. The van der Waals surface area contributed by atoms with Crippen LogP contribution in [-0.4, -0.2) is 17.7 Å². The Hall–Kier alpha value is -0.860. The third-order valence-electron chi connectivity index (χ3n) is 3.68. The zero-order valence-corrected chi connectivity index (χ0v) is 12.2. The van der Waals surface area contributed by atoms with Gasteiger partial charge in [0.15, 0.2) is 0 Å². The highest BCUT2D eigenvalue weighted by molar-refractivity contribution is 6.37. The Bertz CT molecular complexity index is 298. The molecule has 1 aliphatic rings. The van der Waals surface area contributed by atoms with Gasteiger partial charge in [-0.2, -0.15) is 0 Å². The summed E-state index contributed by atoms with van der Waals surface area (Å²) in [5.74, 6) is -0.0254. The predicted octanol–water partition coefficient (Wildman–Crippen LogP) is 3.08. The van der Waals surface area contributed by atoms with Gasteiger partial charge in [0.2, 0.25) is 5.78 Å². The van der Waals surface area contributed by atoms with Gasteiger partial charge in [-0.25, -0.2) is 0 Å². The molecule has 1 atom stereocenters. The van der Waals surface area contributed by atoms with Crippen LogP contribution in [0.3, 0.4) is 0 Å². The molecule has 1 amide bonds. The number of ketones is 1. The molecule has 0 heterocycles. The molecule has 0 aromatic heterocycles. The first-order valence-corrected chi connectivity index (χ1v) is 7.16. The lowest BCUT2D eigenvalue weighted by atomic mass is 9.85. The lowest BCUT2D eigenvalue weighted by molar-refractivity contribution is -0.142. The lowest BCUT2D eigenvalue weighted by Crippen LogP contribution is -2.43. The zero-order valence-electron chi connectivity index (χ0n) is 12.2. The van der Waals surface area contributed by atoms with Crippen molar-refractivity contribution in [1.82, 2.24) is 5.32 Å². The number of Topliss-reactive ketones (excluding diaryl/α,β-unsaturated/α-hetero) is 1. The molecule has 3 nitrogen and oxygen atoms in total. The van der Waals surface area contributed by atoms with Crippen LogP contribution in [0.15, 0.2) is 0 Å². The van der Waals surface area contributed by atoms with Gasteiger partial charge in [-0.15, -0.1) is 0 Å². The molecular weight excluding hydrogens is 226 g/mol.